The highest BCUT2D eigenvalue weighted by Gasteiger charge is 2.25. The third-order valence-corrected chi connectivity index (χ3v) is 6.26. The number of aryl methyl sites for hydroxylation is 2. The fourth-order valence-corrected chi connectivity index (χ4v) is 4.40. The average molecular weight is 435 g/mol. The molecule has 4 nitrogen and oxygen atoms in total. The number of thiophene rings is 1. The first-order valence-corrected chi connectivity index (χ1v) is 11.4. The zero-order valence-corrected chi connectivity index (χ0v) is 19.5. The van der Waals surface area contributed by atoms with Crippen LogP contribution in [0.5, 0.6) is 0 Å². The summed E-state index contributed by atoms with van der Waals surface area (Å²) in [5.74, 6) is -0.154. The second kappa shape index (κ2) is 10.4. The van der Waals surface area contributed by atoms with Crippen molar-refractivity contribution in [2.75, 3.05) is 6.54 Å². The molecule has 3 aromatic rings. The van der Waals surface area contributed by atoms with Gasteiger partial charge in [-0.2, -0.15) is 0 Å². The summed E-state index contributed by atoms with van der Waals surface area (Å²) in [5.41, 5.74) is 2.64. The van der Waals surface area contributed by atoms with Crippen molar-refractivity contribution in [3.8, 4) is 0 Å². The second-order valence-electron chi connectivity index (χ2n) is 8.09. The van der Waals surface area contributed by atoms with Crippen molar-refractivity contribution in [1.82, 2.24) is 9.80 Å². The number of amides is 2. The summed E-state index contributed by atoms with van der Waals surface area (Å²) in [5, 5.41) is 0. The van der Waals surface area contributed by atoms with Crippen LogP contribution in [-0.4, -0.2) is 34.2 Å². The molecule has 0 aliphatic rings. The largest absolute Gasteiger partial charge is 0.332 e. The van der Waals surface area contributed by atoms with Crippen LogP contribution < -0.4 is 0 Å². The number of hydrogen-bond acceptors (Lipinski definition) is 3. The van der Waals surface area contributed by atoms with Crippen molar-refractivity contribution in [2.45, 2.75) is 46.8 Å². The van der Waals surface area contributed by atoms with Crippen LogP contribution in [0.15, 0.2) is 66.7 Å². The third-order valence-electron chi connectivity index (χ3n) is 5.28. The van der Waals surface area contributed by atoms with Crippen molar-refractivity contribution < 1.29 is 9.59 Å². The van der Waals surface area contributed by atoms with E-state index < -0.39 is 0 Å². The van der Waals surface area contributed by atoms with E-state index in [2.05, 4.69) is 19.1 Å². The normalized spacial score (nSPS) is 10.9. The first-order chi connectivity index (χ1) is 14.8. The SMILES string of the molecule is Cc1ccc(CN(Cc2ccccc2)C(=O)CN(C(=O)c2ccccc2C)C(C)C)s1. The smallest absolute Gasteiger partial charge is 0.254 e. The van der Waals surface area contributed by atoms with Gasteiger partial charge in [0.1, 0.15) is 6.54 Å². The summed E-state index contributed by atoms with van der Waals surface area (Å²) in [4.78, 5) is 32.6. The van der Waals surface area contributed by atoms with Gasteiger partial charge in [0.25, 0.3) is 5.91 Å². The Hall–Kier alpha value is -2.92. The first-order valence-electron chi connectivity index (χ1n) is 10.6. The molecule has 0 bridgehead atoms. The number of benzene rings is 2. The lowest BCUT2D eigenvalue weighted by Crippen LogP contribution is -2.45. The van der Waals surface area contributed by atoms with E-state index in [0.29, 0.717) is 18.7 Å². The molecule has 0 fully saturated rings. The van der Waals surface area contributed by atoms with Gasteiger partial charge in [-0.3, -0.25) is 9.59 Å². The number of hydrogen-bond donors (Lipinski definition) is 0. The van der Waals surface area contributed by atoms with E-state index in [1.165, 1.54) is 4.88 Å². The lowest BCUT2D eigenvalue weighted by atomic mass is 10.1. The standard InChI is InChI=1S/C26H30N2O2S/c1-19(2)28(26(30)24-13-9-8-10-20(24)3)18-25(29)27(16-22-11-6-5-7-12-22)17-23-15-14-21(4)31-23/h5-15,19H,16-18H2,1-4H3. The van der Waals surface area contributed by atoms with E-state index >= 15 is 0 Å². The molecule has 0 atom stereocenters. The summed E-state index contributed by atoms with van der Waals surface area (Å²) in [6, 6.07) is 21.6. The molecule has 1 heterocycles. The molecule has 2 amide bonds. The van der Waals surface area contributed by atoms with E-state index in [1.807, 2.05) is 80.3 Å². The highest BCUT2D eigenvalue weighted by atomic mass is 32.1. The fraction of sp³-hybridized carbons (Fsp3) is 0.308. The Morgan fingerprint density at radius 3 is 2.16 bits per heavy atom. The molecule has 31 heavy (non-hydrogen) atoms. The first kappa shape index (κ1) is 22.8. The maximum atomic E-state index is 13.4. The molecule has 2 aromatic carbocycles. The van der Waals surface area contributed by atoms with Gasteiger partial charge in [-0.25, -0.2) is 0 Å². The zero-order chi connectivity index (χ0) is 22.4. The Bertz CT molecular complexity index is 1030. The highest BCUT2D eigenvalue weighted by Crippen LogP contribution is 2.20. The molecule has 0 spiro atoms. The van der Waals surface area contributed by atoms with Crippen LogP contribution in [0.25, 0.3) is 0 Å². The van der Waals surface area contributed by atoms with Crippen LogP contribution in [0, 0.1) is 13.8 Å². The maximum absolute atomic E-state index is 13.4. The van der Waals surface area contributed by atoms with E-state index in [9.17, 15) is 9.59 Å². The molecule has 162 valence electrons. The van der Waals surface area contributed by atoms with Crippen LogP contribution >= 0.6 is 11.3 Å². The van der Waals surface area contributed by atoms with E-state index in [4.69, 9.17) is 0 Å². The zero-order valence-electron chi connectivity index (χ0n) is 18.7. The van der Waals surface area contributed by atoms with Crippen molar-refractivity contribution in [2.24, 2.45) is 0 Å². The van der Waals surface area contributed by atoms with Crippen molar-refractivity contribution >= 4 is 23.2 Å². The molecule has 0 saturated heterocycles. The predicted molar refractivity (Wildman–Crippen MR) is 127 cm³/mol. The molecular weight excluding hydrogens is 404 g/mol. The van der Waals surface area contributed by atoms with Gasteiger partial charge in [0.05, 0.1) is 6.54 Å². The van der Waals surface area contributed by atoms with E-state index in [0.717, 1.165) is 16.0 Å². The Balaban J connectivity index is 1.82. The number of rotatable bonds is 8. The van der Waals surface area contributed by atoms with E-state index in [1.54, 1.807) is 16.2 Å². The van der Waals surface area contributed by atoms with E-state index in [-0.39, 0.29) is 24.4 Å². The summed E-state index contributed by atoms with van der Waals surface area (Å²) in [7, 11) is 0. The molecule has 0 radical (unpaired) electrons. The number of carbonyl (C=O) groups is 2. The Morgan fingerprint density at radius 1 is 0.871 bits per heavy atom. The van der Waals surface area contributed by atoms with Crippen molar-refractivity contribution in [1.29, 1.82) is 0 Å². The van der Waals surface area contributed by atoms with Crippen LogP contribution in [0.4, 0.5) is 0 Å². The molecule has 1 aromatic heterocycles. The molecule has 0 aliphatic carbocycles. The fourth-order valence-electron chi connectivity index (χ4n) is 3.50. The van der Waals surface area contributed by atoms with Gasteiger partial charge in [0.15, 0.2) is 0 Å². The highest BCUT2D eigenvalue weighted by molar-refractivity contribution is 7.11. The minimum atomic E-state index is -0.104. The van der Waals surface area contributed by atoms with Gasteiger partial charge in [-0.15, -0.1) is 11.3 Å². The average Bonchev–Trinajstić information content (AvgIpc) is 3.16. The molecule has 3 rings (SSSR count). The van der Waals surface area contributed by atoms with Crippen molar-refractivity contribution in [3.63, 3.8) is 0 Å². The summed E-state index contributed by atoms with van der Waals surface area (Å²) >= 11 is 1.70. The minimum Gasteiger partial charge on any atom is -0.332 e. The van der Waals surface area contributed by atoms with Gasteiger partial charge < -0.3 is 9.80 Å². The molecule has 0 saturated carbocycles. The van der Waals surface area contributed by atoms with Crippen LogP contribution in [-0.2, 0) is 17.9 Å². The number of nitrogens with zero attached hydrogens (tertiary/aromatic N) is 2. The second-order valence-corrected chi connectivity index (χ2v) is 9.46. The molecule has 0 unspecified atom stereocenters. The third kappa shape index (κ3) is 6.05. The maximum Gasteiger partial charge on any atom is 0.254 e. The molecule has 5 heteroatoms. The quantitative estimate of drug-likeness (QED) is 0.473. The monoisotopic (exact) mass is 434 g/mol. The topological polar surface area (TPSA) is 40.6 Å². The van der Waals surface area contributed by atoms with Crippen LogP contribution in [0.3, 0.4) is 0 Å². The lowest BCUT2D eigenvalue weighted by Gasteiger charge is -2.30. The van der Waals surface area contributed by atoms with Gasteiger partial charge in [0, 0.05) is 27.9 Å². The summed E-state index contributed by atoms with van der Waals surface area (Å²) in [6.45, 7) is 9.01. The summed E-state index contributed by atoms with van der Waals surface area (Å²) < 4.78 is 0. The Kier molecular flexibility index (Phi) is 7.64. The van der Waals surface area contributed by atoms with Gasteiger partial charge in [-0.1, -0.05) is 48.5 Å². The Labute approximate surface area is 189 Å². The number of carbonyl (C=O) groups excluding carboxylic acids is 2. The summed E-state index contributed by atoms with van der Waals surface area (Å²) in [6.07, 6.45) is 0. The Morgan fingerprint density at radius 2 is 1.55 bits per heavy atom. The van der Waals surface area contributed by atoms with Crippen LogP contribution in [0.2, 0.25) is 0 Å². The van der Waals surface area contributed by atoms with Gasteiger partial charge in [-0.05, 0) is 57.0 Å². The minimum absolute atomic E-state index is 0.0504. The van der Waals surface area contributed by atoms with Crippen LogP contribution in [0.1, 0.15) is 45.1 Å². The van der Waals surface area contributed by atoms with Gasteiger partial charge >= 0.3 is 0 Å². The van der Waals surface area contributed by atoms with Crippen molar-refractivity contribution in [3.05, 3.63) is 93.2 Å². The predicted octanol–water partition coefficient (Wildman–Crippen LogP) is 5.44. The molecule has 0 aliphatic heterocycles. The molecular formula is C26H30N2O2S. The molecule has 0 N–H and O–H groups in total. The lowest BCUT2D eigenvalue weighted by molar-refractivity contribution is -0.133. The van der Waals surface area contributed by atoms with Gasteiger partial charge in [0.2, 0.25) is 5.91 Å².